The first kappa shape index (κ1) is 56.5. The van der Waals surface area contributed by atoms with Crippen LogP contribution in [0.4, 0.5) is 0 Å². The number of esters is 1. The fourth-order valence-corrected chi connectivity index (χ4v) is 8.60. The molecule has 2 rings (SSSR count). The van der Waals surface area contributed by atoms with Gasteiger partial charge < -0.3 is 48.9 Å². The summed E-state index contributed by atoms with van der Waals surface area (Å²) in [5.41, 5.74) is 0.845. The number of hydrogen-bond acceptors (Lipinski definition) is 12. The zero-order valence-electron chi connectivity index (χ0n) is 41.3. The minimum atomic E-state index is -0.980. The van der Waals surface area contributed by atoms with E-state index in [2.05, 4.69) is 10.6 Å². The normalized spacial score (nSPS) is 17.9. The van der Waals surface area contributed by atoms with Crippen molar-refractivity contribution in [2.75, 3.05) is 88.2 Å². The van der Waals surface area contributed by atoms with E-state index in [1.165, 1.54) is 7.11 Å². The zero-order valence-corrected chi connectivity index (χ0v) is 41.3. The van der Waals surface area contributed by atoms with E-state index in [0.29, 0.717) is 58.8 Å². The first-order valence-corrected chi connectivity index (χ1v) is 23.3. The van der Waals surface area contributed by atoms with Gasteiger partial charge in [0.2, 0.25) is 23.6 Å². The van der Waals surface area contributed by atoms with Gasteiger partial charge in [-0.3, -0.25) is 24.1 Å². The largest absolute Gasteiger partial charge is 0.462 e. The molecule has 1 aliphatic rings. The van der Waals surface area contributed by atoms with E-state index >= 15 is 0 Å². The number of nitrogens with zero attached hydrogens (tertiary/aromatic N) is 3. The number of benzene rings is 1. The molecule has 9 unspecified atom stereocenters. The van der Waals surface area contributed by atoms with Crippen LogP contribution in [0.1, 0.15) is 86.6 Å². The van der Waals surface area contributed by atoms with Crippen molar-refractivity contribution in [1.82, 2.24) is 25.3 Å². The van der Waals surface area contributed by atoms with Gasteiger partial charge in [0.05, 0.1) is 75.7 Å². The molecule has 1 saturated heterocycles. The Kier molecular flexibility index (Phi) is 26.3. The van der Waals surface area contributed by atoms with Gasteiger partial charge in [0.25, 0.3) is 0 Å². The molecule has 16 nitrogen and oxygen atoms in total. The number of nitrogens with one attached hydrogen (secondary N) is 2. The van der Waals surface area contributed by atoms with Crippen molar-refractivity contribution >= 4 is 29.6 Å². The number of hydrogen-bond donors (Lipinski definition) is 2. The number of ether oxygens (including phenoxy) is 6. The van der Waals surface area contributed by atoms with Gasteiger partial charge in [0.15, 0.2) is 0 Å². The molecule has 9 atom stereocenters. The van der Waals surface area contributed by atoms with Gasteiger partial charge in [0, 0.05) is 41.3 Å². The number of amides is 4. The molecule has 1 aromatic carbocycles. The van der Waals surface area contributed by atoms with Gasteiger partial charge in [-0.1, -0.05) is 92.1 Å². The minimum absolute atomic E-state index is 0.00221. The van der Waals surface area contributed by atoms with Gasteiger partial charge in [-0.2, -0.15) is 0 Å². The molecule has 64 heavy (non-hydrogen) atoms. The van der Waals surface area contributed by atoms with Crippen LogP contribution in [-0.4, -0.2) is 175 Å². The molecule has 0 aromatic heterocycles. The van der Waals surface area contributed by atoms with Crippen LogP contribution in [0.15, 0.2) is 30.3 Å². The number of likely N-dealkylation sites (tertiary alicyclic amines) is 1. The Bertz CT molecular complexity index is 1530. The van der Waals surface area contributed by atoms with E-state index < -0.39 is 60.2 Å². The molecule has 4 amide bonds. The van der Waals surface area contributed by atoms with Crippen molar-refractivity contribution in [1.29, 1.82) is 0 Å². The van der Waals surface area contributed by atoms with Gasteiger partial charge in [0.1, 0.15) is 18.7 Å². The van der Waals surface area contributed by atoms with E-state index in [1.807, 2.05) is 90.7 Å². The summed E-state index contributed by atoms with van der Waals surface area (Å²) in [5, 5.41) is 5.99. The van der Waals surface area contributed by atoms with E-state index in [0.717, 1.165) is 5.56 Å². The summed E-state index contributed by atoms with van der Waals surface area (Å²) in [5.74, 6) is -2.58. The smallest absolute Gasteiger partial charge is 0.329 e. The maximum atomic E-state index is 14.4. The monoisotopic (exact) mass is 906 g/mol. The summed E-state index contributed by atoms with van der Waals surface area (Å²) in [4.78, 5) is 75.3. The Morgan fingerprint density at radius 3 is 1.97 bits per heavy atom. The number of carbonyl (C=O) groups is 5. The Hall–Kier alpha value is -3.67. The van der Waals surface area contributed by atoms with E-state index in [1.54, 1.807) is 38.0 Å². The minimum Gasteiger partial charge on any atom is -0.462 e. The SMILES string of the molecule is CCC(C)C(C(CC(=O)N1CCCC1C(OC)C(C)C(=O)NC(Cc1ccccc1)C(=O)OCCOCCOCCOC)OC)N(C)C(=O)C(NC(=O)C(C(C)C)N(C)CC)C(C)C. The molecule has 1 fully saturated rings. The average molecular weight is 906 g/mol. The van der Waals surface area contributed by atoms with Crippen LogP contribution in [0, 0.1) is 23.7 Å². The Morgan fingerprint density at radius 1 is 0.797 bits per heavy atom. The summed E-state index contributed by atoms with van der Waals surface area (Å²) in [6.45, 7) is 18.6. The highest BCUT2D eigenvalue weighted by Gasteiger charge is 2.43. The molecular weight excluding hydrogens is 823 g/mol. The molecular formula is C48H83N5O11. The first-order chi connectivity index (χ1) is 30.5. The maximum Gasteiger partial charge on any atom is 0.329 e. The van der Waals surface area contributed by atoms with Crippen LogP contribution >= 0.6 is 0 Å². The van der Waals surface area contributed by atoms with Crippen LogP contribution in [0.2, 0.25) is 0 Å². The van der Waals surface area contributed by atoms with Crippen LogP contribution in [-0.2, 0) is 58.8 Å². The van der Waals surface area contributed by atoms with Crippen molar-refractivity contribution in [3.8, 4) is 0 Å². The van der Waals surface area contributed by atoms with Crippen molar-refractivity contribution in [2.45, 2.75) is 130 Å². The molecule has 16 heteroatoms. The summed E-state index contributed by atoms with van der Waals surface area (Å²) in [6.07, 6.45) is 0.883. The summed E-state index contributed by atoms with van der Waals surface area (Å²) in [6, 6.07) is 6.29. The van der Waals surface area contributed by atoms with Crippen molar-refractivity contribution < 1.29 is 52.4 Å². The fourth-order valence-electron chi connectivity index (χ4n) is 8.60. The lowest BCUT2D eigenvalue weighted by Crippen LogP contribution is -2.60. The molecule has 1 heterocycles. The van der Waals surface area contributed by atoms with E-state index in [4.69, 9.17) is 28.4 Å². The molecule has 0 spiro atoms. The lowest BCUT2D eigenvalue weighted by Gasteiger charge is -2.41. The number of carbonyl (C=O) groups excluding carboxylic acids is 5. The predicted molar refractivity (Wildman–Crippen MR) is 246 cm³/mol. The number of methoxy groups -OCH3 is 3. The molecule has 1 aliphatic heterocycles. The van der Waals surface area contributed by atoms with Crippen LogP contribution in [0.5, 0.6) is 0 Å². The highest BCUT2D eigenvalue weighted by atomic mass is 16.6. The van der Waals surface area contributed by atoms with Gasteiger partial charge in [-0.05, 0) is 49.8 Å². The predicted octanol–water partition coefficient (Wildman–Crippen LogP) is 3.97. The molecule has 0 radical (unpaired) electrons. The number of likely N-dealkylation sites (N-methyl/N-ethyl adjacent to an activating group) is 2. The second kappa shape index (κ2) is 29.8. The standard InChI is InChI=1S/C48H83N5O11/c1-14-34(7)43(52(10)47(57)41(32(3)4)50-46(56)42(33(5)6)51(9)15-2)39(60-12)31-40(54)53-23-19-22-38(53)44(61-13)35(8)45(55)49-37(30-36-20-17-16-18-21-36)48(58)64-29-28-63-27-26-62-25-24-59-11/h16-18,20-21,32-35,37-39,41-44H,14-15,19,22-31H2,1-13H3,(H,49,55)(H,50,56). The second-order valence-corrected chi connectivity index (χ2v) is 17.7. The highest BCUT2D eigenvalue weighted by molar-refractivity contribution is 5.90. The molecule has 0 saturated carbocycles. The lowest BCUT2D eigenvalue weighted by molar-refractivity contribution is -0.151. The third-order valence-electron chi connectivity index (χ3n) is 12.5. The summed E-state index contributed by atoms with van der Waals surface area (Å²) in [7, 11) is 8.31. The summed E-state index contributed by atoms with van der Waals surface area (Å²) < 4.78 is 33.5. The van der Waals surface area contributed by atoms with Crippen LogP contribution < -0.4 is 10.6 Å². The van der Waals surface area contributed by atoms with Crippen LogP contribution in [0.25, 0.3) is 0 Å². The average Bonchev–Trinajstić information content (AvgIpc) is 3.76. The third-order valence-corrected chi connectivity index (χ3v) is 12.5. The van der Waals surface area contributed by atoms with E-state index in [-0.39, 0.29) is 61.5 Å². The second-order valence-electron chi connectivity index (χ2n) is 17.7. The van der Waals surface area contributed by atoms with Gasteiger partial charge in [-0.15, -0.1) is 0 Å². The fraction of sp³-hybridized carbons (Fsp3) is 0.771. The quantitative estimate of drug-likeness (QED) is 0.0813. The molecule has 0 bridgehead atoms. The third kappa shape index (κ3) is 17.3. The Morgan fingerprint density at radius 2 is 1.42 bits per heavy atom. The topological polar surface area (TPSA) is 175 Å². The molecule has 1 aromatic rings. The highest BCUT2D eigenvalue weighted by Crippen LogP contribution is 2.30. The van der Waals surface area contributed by atoms with Gasteiger partial charge >= 0.3 is 5.97 Å². The Balaban J connectivity index is 2.23. The van der Waals surface area contributed by atoms with Crippen molar-refractivity contribution in [2.24, 2.45) is 23.7 Å². The van der Waals surface area contributed by atoms with E-state index in [9.17, 15) is 24.0 Å². The zero-order chi connectivity index (χ0) is 47.9. The molecule has 366 valence electrons. The maximum absolute atomic E-state index is 14.4. The lowest BCUT2D eigenvalue weighted by atomic mass is 9.89. The van der Waals surface area contributed by atoms with Crippen LogP contribution in [0.3, 0.4) is 0 Å². The molecule has 0 aliphatic carbocycles. The first-order valence-electron chi connectivity index (χ1n) is 23.3. The van der Waals surface area contributed by atoms with Crippen molar-refractivity contribution in [3.05, 3.63) is 35.9 Å². The van der Waals surface area contributed by atoms with Crippen molar-refractivity contribution in [3.63, 3.8) is 0 Å². The summed E-state index contributed by atoms with van der Waals surface area (Å²) >= 11 is 0. The van der Waals surface area contributed by atoms with Gasteiger partial charge in [-0.25, -0.2) is 4.79 Å². The Labute approximate surface area is 384 Å². The number of rotatable bonds is 31. The molecule has 2 N–H and O–H groups in total.